The van der Waals surface area contributed by atoms with Gasteiger partial charge in [0.2, 0.25) is 12.1 Å². The zero-order chi connectivity index (χ0) is 19.5. The van der Waals surface area contributed by atoms with Gasteiger partial charge in [0.1, 0.15) is 0 Å². The van der Waals surface area contributed by atoms with E-state index < -0.39 is 12.1 Å². The van der Waals surface area contributed by atoms with E-state index in [1.165, 1.54) is 96.3 Å². The Morgan fingerprint density at radius 2 is 0.769 bits per heavy atom. The summed E-state index contributed by atoms with van der Waals surface area (Å²) in [6.45, 7) is 2.27. The Hall–Kier alpha value is -0.160. The summed E-state index contributed by atoms with van der Waals surface area (Å²) in [7, 11) is 0. The maximum Gasteiger partial charge on any atom is 0.215 e. The molecule has 4 heteroatoms. The first-order valence-corrected chi connectivity index (χ1v) is 11.3. The topological polar surface area (TPSA) is 80.9 Å². The molecule has 0 heterocycles. The predicted octanol–water partition coefficient (Wildman–Crippen LogP) is 5.41. The first kappa shape index (κ1) is 25.8. The SMILES string of the molecule is CCCCCCCCCCCCCCCCCCCCC(O)(O)C(O)O. The van der Waals surface area contributed by atoms with Gasteiger partial charge in [-0.05, 0) is 6.42 Å². The molecule has 0 fully saturated rings. The molecule has 0 spiro atoms. The molecule has 0 aromatic heterocycles. The van der Waals surface area contributed by atoms with E-state index in [9.17, 15) is 10.2 Å². The van der Waals surface area contributed by atoms with Crippen molar-refractivity contribution in [2.24, 2.45) is 0 Å². The van der Waals surface area contributed by atoms with Crippen molar-refractivity contribution >= 4 is 0 Å². The van der Waals surface area contributed by atoms with Gasteiger partial charge in [0.05, 0.1) is 0 Å². The van der Waals surface area contributed by atoms with E-state index >= 15 is 0 Å². The third kappa shape index (κ3) is 17.3. The molecule has 0 aromatic rings. The fourth-order valence-electron chi connectivity index (χ4n) is 3.42. The molecule has 0 unspecified atom stereocenters. The molecule has 0 aromatic carbocycles. The van der Waals surface area contributed by atoms with E-state index in [-0.39, 0.29) is 6.42 Å². The smallest absolute Gasteiger partial charge is 0.215 e. The van der Waals surface area contributed by atoms with Crippen LogP contribution in [0.15, 0.2) is 0 Å². The molecular weight excluding hydrogens is 328 g/mol. The monoisotopic (exact) mass is 374 g/mol. The Morgan fingerprint density at radius 1 is 0.500 bits per heavy atom. The predicted molar refractivity (Wildman–Crippen MR) is 109 cm³/mol. The van der Waals surface area contributed by atoms with Gasteiger partial charge >= 0.3 is 0 Å². The van der Waals surface area contributed by atoms with Gasteiger partial charge in [0, 0.05) is 6.42 Å². The summed E-state index contributed by atoms with van der Waals surface area (Å²) in [5.74, 6) is -2.35. The van der Waals surface area contributed by atoms with E-state index in [4.69, 9.17) is 10.2 Å². The van der Waals surface area contributed by atoms with Crippen molar-refractivity contribution in [2.45, 2.75) is 141 Å². The zero-order valence-corrected chi connectivity index (χ0v) is 17.3. The minimum absolute atomic E-state index is 0.0173. The number of hydrogen-bond donors (Lipinski definition) is 4. The second kappa shape index (κ2) is 18.2. The van der Waals surface area contributed by atoms with Crippen molar-refractivity contribution in [2.75, 3.05) is 0 Å². The molecule has 0 saturated carbocycles. The van der Waals surface area contributed by atoms with E-state index in [1.807, 2.05) is 0 Å². The van der Waals surface area contributed by atoms with Gasteiger partial charge in [-0.1, -0.05) is 116 Å². The second-order valence-corrected chi connectivity index (χ2v) is 8.01. The first-order valence-electron chi connectivity index (χ1n) is 11.3. The van der Waals surface area contributed by atoms with Crippen molar-refractivity contribution < 1.29 is 20.4 Å². The van der Waals surface area contributed by atoms with E-state index in [0.717, 1.165) is 12.8 Å². The van der Waals surface area contributed by atoms with Crippen molar-refractivity contribution in [3.05, 3.63) is 0 Å². The van der Waals surface area contributed by atoms with Crippen LogP contribution in [-0.4, -0.2) is 32.5 Å². The summed E-state index contributed by atoms with van der Waals surface area (Å²) in [4.78, 5) is 0. The lowest BCUT2D eigenvalue weighted by Crippen LogP contribution is -2.41. The summed E-state index contributed by atoms with van der Waals surface area (Å²) < 4.78 is 0. The van der Waals surface area contributed by atoms with E-state index in [1.54, 1.807) is 0 Å². The molecular formula is C22H46O4. The summed E-state index contributed by atoms with van der Waals surface area (Å²) >= 11 is 0. The molecule has 26 heavy (non-hydrogen) atoms. The highest BCUT2D eigenvalue weighted by Crippen LogP contribution is 2.17. The number of unbranched alkanes of at least 4 members (excludes halogenated alkanes) is 17. The Kier molecular flexibility index (Phi) is 18.1. The lowest BCUT2D eigenvalue weighted by atomic mass is 10.0. The van der Waals surface area contributed by atoms with Gasteiger partial charge in [-0.25, -0.2) is 0 Å². The molecule has 0 atom stereocenters. The summed E-state index contributed by atoms with van der Waals surface area (Å²) in [5.41, 5.74) is 0. The Balaban J connectivity index is 3.12. The fourth-order valence-corrected chi connectivity index (χ4v) is 3.42. The van der Waals surface area contributed by atoms with Crippen molar-refractivity contribution in [1.29, 1.82) is 0 Å². The lowest BCUT2D eigenvalue weighted by molar-refractivity contribution is -0.292. The third-order valence-corrected chi connectivity index (χ3v) is 5.31. The van der Waals surface area contributed by atoms with E-state index in [2.05, 4.69) is 6.92 Å². The van der Waals surface area contributed by atoms with Gasteiger partial charge in [-0.3, -0.25) is 0 Å². The molecule has 4 nitrogen and oxygen atoms in total. The van der Waals surface area contributed by atoms with E-state index in [0.29, 0.717) is 6.42 Å². The standard InChI is InChI=1S/C22H46O4/c1-2-3-4-5-6-7-8-9-10-11-12-13-14-15-16-17-18-19-20-22(25,26)21(23)24/h21,23-26H,2-20H2,1H3. The minimum atomic E-state index is -2.35. The maximum atomic E-state index is 9.28. The highest BCUT2D eigenvalue weighted by molar-refractivity contribution is 4.66. The molecule has 0 saturated heterocycles. The molecule has 0 aliphatic heterocycles. The number of hydrogen-bond acceptors (Lipinski definition) is 4. The van der Waals surface area contributed by atoms with Crippen LogP contribution in [-0.2, 0) is 0 Å². The first-order chi connectivity index (χ1) is 12.5. The normalized spacial score (nSPS) is 12.2. The van der Waals surface area contributed by atoms with Crippen LogP contribution in [0.2, 0.25) is 0 Å². The van der Waals surface area contributed by atoms with Crippen molar-refractivity contribution in [1.82, 2.24) is 0 Å². The average Bonchev–Trinajstić information content (AvgIpc) is 2.60. The van der Waals surface area contributed by atoms with Crippen LogP contribution in [0.5, 0.6) is 0 Å². The summed E-state index contributed by atoms with van der Waals surface area (Å²) in [5, 5.41) is 36.1. The highest BCUT2D eigenvalue weighted by atomic mass is 16.6. The van der Waals surface area contributed by atoms with Crippen LogP contribution in [0.25, 0.3) is 0 Å². The quantitative estimate of drug-likeness (QED) is 0.170. The highest BCUT2D eigenvalue weighted by Gasteiger charge is 2.30. The van der Waals surface area contributed by atoms with Gasteiger partial charge in [0.25, 0.3) is 0 Å². The van der Waals surface area contributed by atoms with Crippen LogP contribution in [0.3, 0.4) is 0 Å². The zero-order valence-electron chi connectivity index (χ0n) is 17.3. The molecule has 4 N–H and O–H groups in total. The van der Waals surface area contributed by atoms with Crippen molar-refractivity contribution in [3.8, 4) is 0 Å². The van der Waals surface area contributed by atoms with Crippen LogP contribution in [0.1, 0.15) is 129 Å². The van der Waals surface area contributed by atoms with Crippen LogP contribution < -0.4 is 0 Å². The summed E-state index contributed by atoms with van der Waals surface area (Å²) in [6, 6.07) is 0. The molecule has 0 radical (unpaired) electrons. The molecule has 158 valence electrons. The number of aliphatic hydroxyl groups is 4. The van der Waals surface area contributed by atoms with Crippen LogP contribution in [0, 0.1) is 0 Å². The van der Waals surface area contributed by atoms with Crippen molar-refractivity contribution in [3.63, 3.8) is 0 Å². The molecule has 0 rings (SSSR count). The molecule has 0 bridgehead atoms. The number of rotatable bonds is 20. The molecule has 0 aliphatic rings. The van der Waals surface area contributed by atoms with Gasteiger partial charge < -0.3 is 20.4 Å². The van der Waals surface area contributed by atoms with Crippen LogP contribution in [0.4, 0.5) is 0 Å². The third-order valence-electron chi connectivity index (χ3n) is 5.31. The van der Waals surface area contributed by atoms with Gasteiger partial charge in [-0.15, -0.1) is 0 Å². The van der Waals surface area contributed by atoms with Gasteiger partial charge in [-0.2, -0.15) is 0 Å². The van der Waals surface area contributed by atoms with Gasteiger partial charge in [0.15, 0.2) is 0 Å². The minimum Gasteiger partial charge on any atom is -0.364 e. The lowest BCUT2D eigenvalue weighted by Gasteiger charge is -2.23. The summed E-state index contributed by atoms with van der Waals surface area (Å²) in [6.07, 6.45) is 21.0. The molecule has 0 aliphatic carbocycles. The Labute approximate surface area is 162 Å². The molecule has 0 amide bonds. The second-order valence-electron chi connectivity index (χ2n) is 8.01. The number of aliphatic hydroxyl groups excluding tert-OH is 1. The largest absolute Gasteiger partial charge is 0.364 e. The Bertz CT molecular complexity index is 279. The average molecular weight is 375 g/mol. The van der Waals surface area contributed by atoms with Crippen LogP contribution >= 0.6 is 0 Å². The maximum absolute atomic E-state index is 9.28. The fraction of sp³-hybridized carbons (Fsp3) is 1.00. The Morgan fingerprint density at radius 3 is 1.04 bits per heavy atom.